The predicted molar refractivity (Wildman–Crippen MR) is 113 cm³/mol. The molecule has 0 aromatic carbocycles. The van der Waals surface area contributed by atoms with Crippen molar-refractivity contribution < 1.29 is 0 Å². The summed E-state index contributed by atoms with van der Waals surface area (Å²) in [6.45, 7) is 3.18. The lowest BCUT2D eigenvalue weighted by atomic mass is 10.1. The van der Waals surface area contributed by atoms with Gasteiger partial charge in [-0.3, -0.25) is 4.98 Å². The predicted octanol–water partition coefficient (Wildman–Crippen LogP) is 6.22. The number of unbranched alkanes of at least 4 members (excludes halogenated alkanes) is 12. The lowest BCUT2D eigenvalue weighted by Crippen LogP contribution is -2.13. The standard InChI is InChI=1S/C22H39N3O/c1-2-3-4-5-6-7-8-9-10-11-12-13-14-15-16-17-19-23-21-18-20-24-22(26)25-21/h9-10,18,20H,2-8,11-17,19H2,1H3,(H2,23,24,25,26). The largest absolute Gasteiger partial charge is 0.371 e. The molecule has 2 N–H and O–H groups in total. The van der Waals surface area contributed by atoms with Crippen LogP contribution < -0.4 is 11.0 Å². The van der Waals surface area contributed by atoms with E-state index in [0.717, 1.165) is 18.8 Å². The Morgan fingerprint density at radius 2 is 1.46 bits per heavy atom. The summed E-state index contributed by atoms with van der Waals surface area (Å²) in [4.78, 5) is 17.4. The van der Waals surface area contributed by atoms with E-state index in [1.54, 1.807) is 6.07 Å². The molecule has 26 heavy (non-hydrogen) atoms. The first-order chi connectivity index (χ1) is 12.8. The Morgan fingerprint density at radius 1 is 0.885 bits per heavy atom. The van der Waals surface area contributed by atoms with Gasteiger partial charge in [0.15, 0.2) is 0 Å². The number of rotatable bonds is 17. The Kier molecular flexibility index (Phi) is 14.6. The highest BCUT2D eigenvalue weighted by atomic mass is 16.1. The van der Waals surface area contributed by atoms with E-state index < -0.39 is 0 Å². The second-order valence-corrected chi connectivity index (χ2v) is 7.15. The summed E-state index contributed by atoms with van der Waals surface area (Å²) < 4.78 is 0. The second-order valence-electron chi connectivity index (χ2n) is 7.15. The normalized spacial score (nSPS) is 11.3. The molecule has 0 radical (unpaired) electrons. The molecule has 1 aromatic heterocycles. The molecule has 0 atom stereocenters. The molecule has 0 saturated carbocycles. The molecule has 0 unspecified atom stereocenters. The van der Waals surface area contributed by atoms with Gasteiger partial charge in [-0.15, -0.1) is 0 Å². The van der Waals surface area contributed by atoms with Crippen LogP contribution in [-0.2, 0) is 0 Å². The van der Waals surface area contributed by atoms with Crippen LogP contribution in [0.1, 0.15) is 96.8 Å². The molecule has 0 amide bonds. The van der Waals surface area contributed by atoms with E-state index in [2.05, 4.69) is 34.4 Å². The number of anilines is 1. The van der Waals surface area contributed by atoms with E-state index in [1.165, 1.54) is 89.7 Å². The number of allylic oxidation sites excluding steroid dienone is 2. The molecule has 0 spiro atoms. The van der Waals surface area contributed by atoms with Crippen molar-refractivity contribution in [2.45, 2.75) is 96.8 Å². The van der Waals surface area contributed by atoms with Gasteiger partial charge in [0.05, 0.1) is 0 Å². The summed E-state index contributed by atoms with van der Waals surface area (Å²) in [5, 5.41) is 3.23. The molecular weight excluding hydrogens is 322 g/mol. The summed E-state index contributed by atoms with van der Waals surface area (Å²) >= 11 is 0. The van der Waals surface area contributed by atoms with Crippen LogP contribution in [0.4, 0.5) is 5.82 Å². The van der Waals surface area contributed by atoms with Crippen molar-refractivity contribution >= 4 is 5.82 Å². The van der Waals surface area contributed by atoms with E-state index >= 15 is 0 Å². The molecule has 4 heteroatoms. The van der Waals surface area contributed by atoms with Crippen molar-refractivity contribution in [1.29, 1.82) is 0 Å². The molecule has 4 nitrogen and oxygen atoms in total. The third-order valence-electron chi connectivity index (χ3n) is 4.68. The third kappa shape index (κ3) is 13.7. The number of aromatic nitrogens is 2. The maximum Gasteiger partial charge on any atom is 0.346 e. The SMILES string of the molecule is CCCCCCCCC=CCCCCCCCCNc1ccnc(=O)[nH]1. The van der Waals surface area contributed by atoms with E-state index in [9.17, 15) is 4.79 Å². The molecule has 0 aliphatic carbocycles. The fourth-order valence-corrected chi connectivity index (χ4v) is 3.07. The van der Waals surface area contributed by atoms with E-state index in [4.69, 9.17) is 0 Å². The van der Waals surface area contributed by atoms with Gasteiger partial charge in [-0.25, -0.2) is 9.78 Å². The Hall–Kier alpha value is -1.58. The van der Waals surface area contributed by atoms with Crippen LogP contribution >= 0.6 is 0 Å². The summed E-state index contributed by atoms with van der Waals surface area (Å²) in [6.07, 6.45) is 24.8. The Morgan fingerprint density at radius 3 is 2.08 bits per heavy atom. The zero-order valence-corrected chi connectivity index (χ0v) is 16.8. The molecule has 0 aliphatic rings. The minimum Gasteiger partial charge on any atom is -0.371 e. The first-order valence-corrected chi connectivity index (χ1v) is 10.8. The smallest absolute Gasteiger partial charge is 0.346 e. The summed E-state index contributed by atoms with van der Waals surface area (Å²) in [6, 6.07) is 1.79. The quantitative estimate of drug-likeness (QED) is 0.256. The van der Waals surface area contributed by atoms with Crippen molar-refractivity contribution in [3.05, 3.63) is 34.9 Å². The van der Waals surface area contributed by atoms with Gasteiger partial charge in [0.25, 0.3) is 0 Å². The van der Waals surface area contributed by atoms with Crippen LogP contribution in [0, 0.1) is 0 Å². The van der Waals surface area contributed by atoms with Crippen molar-refractivity contribution in [2.75, 3.05) is 11.9 Å². The zero-order chi connectivity index (χ0) is 18.7. The molecule has 0 bridgehead atoms. The lowest BCUT2D eigenvalue weighted by Gasteiger charge is -2.05. The topological polar surface area (TPSA) is 57.8 Å². The van der Waals surface area contributed by atoms with Crippen LogP contribution in [0.25, 0.3) is 0 Å². The van der Waals surface area contributed by atoms with Gasteiger partial charge in [-0.1, -0.05) is 76.9 Å². The van der Waals surface area contributed by atoms with Crippen LogP contribution in [0.3, 0.4) is 0 Å². The first-order valence-electron chi connectivity index (χ1n) is 10.8. The van der Waals surface area contributed by atoms with Gasteiger partial charge in [0.2, 0.25) is 0 Å². The highest BCUT2D eigenvalue weighted by Crippen LogP contribution is 2.10. The highest BCUT2D eigenvalue weighted by molar-refractivity contribution is 5.31. The number of hydrogen-bond donors (Lipinski definition) is 2. The molecule has 1 heterocycles. The average Bonchev–Trinajstić information content (AvgIpc) is 2.64. The molecule has 0 fully saturated rings. The minimum atomic E-state index is -0.295. The van der Waals surface area contributed by atoms with Gasteiger partial charge in [0, 0.05) is 12.7 Å². The van der Waals surface area contributed by atoms with Crippen LogP contribution in [0.15, 0.2) is 29.2 Å². The van der Waals surface area contributed by atoms with E-state index in [-0.39, 0.29) is 5.69 Å². The summed E-state index contributed by atoms with van der Waals surface area (Å²) in [5.41, 5.74) is -0.295. The van der Waals surface area contributed by atoms with Gasteiger partial charge in [0.1, 0.15) is 5.82 Å². The number of nitrogens with zero attached hydrogens (tertiary/aromatic N) is 1. The van der Waals surface area contributed by atoms with Gasteiger partial charge < -0.3 is 5.32 Å². The minimum absolute atomic E-state index is 0.295. The molecule has 1 aromatic rings. The Bertz CT molecular complexity index is 510. The molecule has 148 valence electrons. The van der Waals surface area contributed by atoms with Gasteiger partial charge >= 0.3 is 5.69 Å². The number of H-pyrrole nitrogens is 1. The number of hydrogen-bond acceptors (Lipinski definition) is 3. The molecule has 0 aliphatic heterocycles. The maximum atomic E-state index is 11.1. The van der Waals surface area contributed by atoms with Crippen molar-refractivity contribution in [3.63, 3.8) is 0 Å². The van der Waals surface area contributed by atoms with Crippen LogP contribution in [0.5, 0.6) is 0 Å². The van der Waals surface area contributed by atoms with Crippen LogP contribution in [-0.4, -0.2) is 16.5 Å². The molecule has 1 rings (SSSR count). The lowest BCUT2D eigenvalue weighted by molar-refractivity contribution is 0.602. The highest BCUT2D eigenvalue weighted by Gasteiger charge is 1.94. The monoisotopic (exact) mass is 361 g/mol. The third-order valence-corrected chi connectivity index (χ3v) is 4.68. The average molecular weight is 362 g/mol. The number of aromatic amines is 1. The van der Waals surface area contributed by atoms with Crippen molar-refractivity contribution in [2.24, 2.45) is 0 Å². The molecule has 0 saturated heterocycles. The Labute approximate surface area is 159 Å². The summed E-state index contributed by atoms with van der Waals surface area (Å²) in [5.74, 6) is 0.762. The van der Waals surface area contributed by atoms with E-state index in [0.29, 0.717) is 0 Å². The molecular formula is C22H39N3O. The fraction of sp³-hybridized carbons (Fsp3) is 0.727. The first kappa shape index (κ1) is 22.5. The van der Waals surface area contributed by atoms with Crippen molar-refractivity contribution in [3.8, 4) is 0 Å². The summed E-state index contributed by atoms with van der Waals surface area (Å²) in [7, 11) is 0. The van der Waals surface area contributed by atoms with Gasteiger partial charge in [-0.05, 0) is 38.2 Å². The van der Waals surface area contributed by atoms with E-state index in [1.807, 2.05) is 0 Å². The zero-order valence-electron chi connectivity index (χ0n) is 16.8. The second kappa shape index (κ2) is 16.9. The maximum absolute atomic E-state index is 11.1. The van der Waals surface area contributed by atoms with Crippen LogP contribution in [0.2, 0.25) is 0 Å². The van der Waals surface area contributed by atoms with Gasteiger partial charge in [-0.2, -0.15) is 0 Å². The van der Waals surface area contributed by atoms with Crippen molar-refractivity contribution in [1.82, 2.24) is 9.97 Å². The Balaban J connectivity index is 1.79. The fourth-order valence-electron chi connectivity index (χ4n) is 3.07. The number of nitrogens with one attached hydrogen (secondary N) is 2.